The maximum Gasteiger partial charge on any atom is 0.306 e. The molecule has 29 heavy (non-hydrogen) atoms. The molecule has 1 aromatic heterocycles. The molecule has 3 rings (SSSR count). The van der Waals surface area contributed by atoms with Crippen molar-refractivity contribution in [1.82, 2.24) is 9.55 Å². The topological polar surface area (TPSA) is 55.1 Å². The third kappa shape index (κ3) is 5.20. The van der Waals surface area contributed by atoms with Gasteiger partial charge in [-0.15, -0.1) is 0 Å². The molecule has 1 unspecified atom stereocenters. The van der Waals surface area contributed by atoms with Gasteiger partial charge in [-0.1, -0.05) is 66.2 Å². The molecular weight excluding hydrogens is 407 g/mol. The lowest BCUT2D eigenvalue weighted by Crippen LogP contribution is -2.16. The van der Waals surface area contributed by atoms with Gasteiger partial charge in [-0.2, -0.15) is 0 Å². The van der Waals surface area contributed by atoms with Crippen molar-refractivity contribution in [3.63, 3.8) is 0 Å². The fraction of sp³-hybridized carbons (Fsp3) is 0.217. The Kier molecular flexibility index (Phi) is 6.64. The molecule has 2 aromatic carbocycles. The van der Waals surface area contributed by atoms with Gasteiger partial charge in [0.2, 0.25) is 0 Å². The molecule has 1 heterocycles. The lowest BCUT2D eigenvalue weighted by Gasteiger charge is -2.14. The van der Waals surface area contributed by atoms with Crippen molar-refractivity contribution in [1.29, 1.82) is 0 Å². The van der Waals surface area contributed by atoms with E-state index in [9.17, 15) is 9.90 Å². The summed E-state index contributed by atoms with van der Waals surface area (Å²) in [4.78, 5) is 15.5. The van der Waals surface area contributed by atoms with Crippen LogP contribution in [0.4, 0.5) is 0 Å². The van der Waals surface area contributed by atoms with Crippen LogP contribution in [0.25, 0.3) is 0 Å². The number of carboxylic acid groups (broad SMARTS) is 1. The van der Waals surface area contributed by atoms with Crippen molar-refractivity contribution in [2.45, 2.75) is 26.8 Å². The molecule has 0 aliphatic carbocycles. The largest absolute Gasteiger partial charge is 0.481 e. The third-order valence-corrected chi connectivity index (χ3v) is 5.30. The maximum absolute atomic E-state index is 11.2. The molecule has 0 spiro atoms. The second-order valence-electron chi connectivity index (χ2n) is 6.85. The standard InChI is InChI=1S/C23H20Cl2N2O2/c1-15(23(28)29)12-21-22(25)26-16(2)27(21)14-19-11-10-18(13-20(19)24)9-8-17-6-4-3-5-7-17/h3-7,10-11,13,15H,12,14H2,1-2H3,(H,28,29). The minimum absolute atomic E-state index is 0.299. The summed E-state index contributed by atoms with van der Waals surface area (Å²) in [5.41, 5.74) is 3.35. The Morgan fingerprint density at radius 3 is 2.48 bits per heavy atom. The summed E-state index contributed by atoms with van der Waals surface area (Å²) >= 11 is 12.8. The first-order valence-corrected chi connectivity index (χ1v) is 9.90. The molecule has 4 nitrogen and oxygen atoms in total. The summed E-state index contributed by atoms with van der Waals surface area (Å²) < 4.78 is 1.91. The number of rotatable bonds is 5. The zero-order valence-corrected chi connectivity index (χ0v) is 17.6. The van der Waals surface area contributed by atoms with Gasteiger partial charge < -0.3 is 9.67 Å². The fourth-order valence-corrected chi connectivity index (χ4v) is 3.49. The summed E-state index contributed by atoms with van der Waals surface area (Å²) in [6, 6.07) is 15.4. The number of aryl methyl sites for hydroxylation is 1. The molecule has 0 radical (unpaired) electrons. The predicted octanol–water partition coefficient (Wildman–Crippen LogP) is 5.21. The number of hydrogen-bond donors (Lipinski definition) is 1. The molecule has 0 aliphatic heterocycles. The van der Waals surface area contributed by atoms with E-state index in [2.05, 4.69) is 16.8 Å². The van der Waals surface area contributed by atoms with Gasteiger partial charge in [0.15, 0.2) is 5.15 Å². The second-order valence-corrected chi connectivity index (χ2v) is 7.61. The molecule has 6 heteroatoms. The monoisotopic (exact) mass is 426 g/mol. The number of aromatic nitrogens is 2. The summed E-state index contributed by atoms with van der Waals surface area (Å²) in [7, 11) is 0. The van der Waals surface area contributed by atoms with Crippen LogP contribution < -0.4 is 0 Å². The molecule has 0 aliphatic rings. The van der Waals surface area contributed by atoms with Crippen LogP contribution in [0, 0.1) is 24.7 Å². The van der Waals surface area contributed by atoms with Crippen LogP contribution in [0.5, 0.6) is 0 Å². The molecule has 0 amide bonds. The molecular formula is C23H20Cl2N2O2. The Bertz CT molecular complexity index is 1100. The average Bonchev–Trinajstić information content (AvgIpc) is 2.95. The number of aliphatic carboxylic acids is 1. The van der Waals surface area contributed by atoms with Crippen molar-refractivity contribution in [3.8, 4) is 11.8 Å². The van der Waals surface area contributed by atoms with Crippen LogP contribution in [0.2, 0.25) is 10.2 Å². The van der Waals surface area contributed by atoms with Gasteiger partial charge in [0.05, 0.1) is 18.2 Å². The maximum atomic E-state index is 11.2. The van der Waals surface area contributed by atoms with Crippen LogP contribution in [-0.2, 0) is 17.8 Å². The van der Waals surface area contributed by atoms with Gasteiger partial charge in [-0.3, -0.25) is 4.79 Å². The Morgan fingerprint density at radius 2 is 1.83 bits per heavy atom. The highest BCUT2D eigenvalue weighted by Crippen LogP contribution is 2.25. The van der Waals surface area contributed by atoms with Crippen molar-refractivity contribution >= 4 is 29.2 Å². The summed E-state index contributed by atoms with van der Waals surface area (Å²) in [5.74, 6) is 5.52. The summed E-state index contributed by atoms with van der Waals surface area (Å²) in [5, 5.41) is 10.1. The number of benzene rings is 2. The molecule has 0 bridgehead atoms. The highest BCUT2D eigenvalue weighted by Gasteiger charge is 2.20. The zero-order valence-electron chi connectivity index (χ0n) is 16.1. The Labute approximate surface area is 180 Å². The minimum Gasteiger partial charge on any atom is -0.481 e. The van der Waals surface area contributed by atoms with Crippen molar-refractivity contribution in [2.75, 3.05) is 0 Å². The Hall–Kier alpha value is -2.74. The molecule has 3 aromatic rings. The van der Waals surface area contributed by atoms with E-state index in [1.807, 2.05) is 60.0 Å². The normalized spacial score (nSPS) is 11.6. The predicted molar refractivity (Wildman–Crippen MR) is 115 cm³/mol. The molecule has 148 valence electrons. The quantitative estimate of drug-likeness (QED) is 0.569. The first kappa shape index (κ1) is 21.0. The first-order chi connectivity index (χ1) is 13.8. The van der Waals surface area contributed by atoms with E-state index in [1.165, 1.54) is 0 Å². The molecule has 1 N–H and O–H groups in total. The van der Waals surface area contributed by atoms with Crippen LogP contribution in [0.15, 0.2) is 48.5 Å². The second kappa shape index (κ2) is 9.17. The number of nitrogens with zero attached hydrogens (tertiary/aromatic N) is 2. The minimum atomic E-state index is -0.870. The number of halogens is 2. The summed E-state index contributed by atoms with van der Waals surface area (Å²) in [6.07, 6.45) is 0.299. The zero-order chi connectivity index (χ0) is 21.0. The molecule has 0 saturated heterocycles. The van der Waals surface area contributed by atoms with Gasteiger partial charge in [0, 0.05) is 22.6 Å². The van der Waals surface area contributed by atoms with Gasteiger partial charge in [-0.25, -0.2) is 4.98 Å². The van der Waals surface area contributed by atoms with Crippen LogP contribution in [0.1, 0.15) is 35.1 Å². The number of carbonyl (C=O) groups is 1. The summed E-state index contributed by atoms with van der Waals surface area (Å²) in [6.45, 7) is 3.95. The van der Waals surface area contributed by atoms with Gasteiger partial charge in [0.1, 0.15) is 5.82 Å². The number of carboxylic acids is 1. The van der Waals surface area contributed by atoms with E-state index in [4.69, 9.17) is 23.2 Å². The average molecular weight is 427 g/mol. The van der Waals surface area contributed by atoms with Crippen molar-refractivity contribution in [2.24, 2.45) is 5.92 Å². The van der Waals surface area contributed by atoms with Gasteiger partial charge in [-0.05, 0) is 36.8 Å². The van der Waals surface area contributed by atoms with Crippen LogP contribution >= 0.6 is 23.2 Å². The Balaban J connectivity index is 1.84. The molecule has 0 saturated carbocycles. The van der Waals surface area contributed by atoms with E-state index in [0.717, 1.165) is 16.7 Å². The molecule has 1 atom stereocenters. The number of imidazole rings is 1. The van der Waals surface area contributed by atoms with E-state index >= 15 is 0 Å². The fourth-order valence-electron chi connectivity index (χ4n) is 2.94. The highest BCUT2D eigenvalue weighted by molar-refractivity contribution is 6.31. The SMILES string of the molecule is Cc1nc(Cl)c(CC(C)C(=O)O)n1Cc1ccc(C#Cc2ccccc2)cc1Cl. The van der Waals surface area contributed by atoms with E-state index in [0.29, 0.717) is 34.7 Å². The van der Waals surface area contributed by atoms with Gasteiger partial charge in [0.25, 0.3) is 0 Å². The van der Waals surface area contributed by atoms with E-state index in [1.54, 1.807) is 6.92 Å². The van der Waals surface area contributed by atoms with Gasteiger partial charge >= 0.3 is 5.97 Å². The van der Waals surface area contributed by atoms with Crippen molar-refractivity contribution < 1.29 is 9.90 Å². The first-order valence-electron chi connectivity index (χ1n) is 9.15. The van der Waals surface area contributed by atoms with E-state index in [-0.39, 0.29) is 0 Å². The Morgan fingerprint density at radius 1 is 1.14 bits per heavy atom. The molecule has 0 fully saturated rings. The number of hydrogen-bond acceptors (Lipinski definition) is 2. The third-order valence-electron chi connectivity index (χ3n) is 4.64. The highest BCUT2D eigenvalue weighted by atomic mass is 35.5. The van der Waals surface area contributed by atoms with Crippen LogP contribution in [0.3, 0.4) is 0 Å². The lowest BCUT2D eigenvalue weighted by molar-refractivity contribution is -0.141. The lowest BCUT2D eigenvalue weighted by atomic mass is 10.1. The van der Waals surface area contributed by atoms with E-state index < -0.39 is 11.9 Å². The van der Waals surface area contributed by atoms with Crippen molar-refractivity contribution in [3.05, 3.63) is 86.9 Å². The van der Waals surface area contributed by atoms with Crippen LogP contribution in [-0.4, -0.2) is 20.6 Å². The smallest absolute Gasteiger partial charge is 0.306 e.